The van der Waals surface area contributed by atoms with Gasteiger partial charge < -0.3 is 10.2 Å². The van der Waals surface area contributed by atoms with Crippen molar-refractivity contribution >= 4 is 0 Å². The molecule has 1 N–H and O–H groups in total. The average molecular weight is 208 g/mol. The van der Waals surface area contributed by atoms with Crippen molar-refractivity contribution in [3.8, 4) is 0 Å². The molecule has 2 nitrogen and oxygen atoms in total. The summed E-state index contributed by atoms with van der Waals surface area (Å²) >= 11 is 0. The Kier molecular flexibility index (Phi) is 6.20. The Morgan fingerprint density at radius 3 is 2.36 bits per heavy atom. The highest BCUT2D eigenvalue weighted by Crippen LogP contribution is 2.13. The first-order chi connectivity index (χ1) is 6.37. The molecule has 86 valence electrons. The predicted molar refractivity (Wildman–Crippen MR) is 55.8 cm³/mol. The lowest BCUT2D eigenvalue weighted by Crippen LogP contribution is -2.41. The third-order valence-corrected chi connectivity index (χ3v) is 2.02. The SMILES string of the molecule is CNCC(F)(F)CN(C)CCC(C)C. The number of nitrogens with zero attached hydrogens (tertiary/aromatic N) is 1. The zero-order valence-corrected chi connectivity index (χ0v) is 9.61. The smallest absolute Gasteiger partial charge is 0.272 e. The van der Waals surface area contributed by atoms with Crippen molar-refractivity contribution in [1.29, 1.82) is 0 Å². The van der Waals surface area contributed by atoms with Crippen LogP contribution in [0.1, 0.15) is 20.3 Å². The molecule has 0 amide bonds. The zero-order chi connectivity index (χ0) is 11.2. The van der Waals surface area contributed by atoms with Gasteiger partial charge in [0, 0.05) is 0 Å². The van der Waals surface area contributed by atoms with Crippen molar-refractivity contribution in [2.75, 3.05) is 33.7 Å². The van der Waals surface area contributed by atoms with Crippen molar-refractivity contribution in [2.45, 2.75) is 26.2 Å². The van der Waals surface area contributed by atoms with Crippen LogP contribution in [0.4, 0.5) is 8.78 Å². The van der Waals surface area contributed by atoms with Crippen LogP contribution in [-0.4, -0.2) is 44.6 Å². The van der Waals surface area contributed by atoms with E-state index in [4.69, 9.17) is 0 Å². The molecule has 0 radical (unpaired) electrons. The van der Waals surface area contributed by atoms with Gasteiger partial charge in [-0.2, -0.15) is 0 Å². The fraction of sp³-hybridized carbons (Fsp3) is 1.00. The van der Waals surface area contributed by atoms with Crippen LogP contribution in [-0.2, 0) is 0 Å². The van der Waals surface area contributed by atoms with Crippen LogP contribution >= 0.6 is 0 Å². The van der Waals surface area contributed by atoms with E-state index in [-0.39, 0.29) is 13.1 Å². The largest absolute Gasteiger partial charge is 0.314 e. The first kappa shape index (κ1) is 13.8. The summed E-state index contributed by atoms with van der Waals surface area (Å²) in [5.41, 5.74) is 0. The fourth-order valence-corrected chi connectivity index (χ4v) is 1.27. The third-order valence-electron chi connectivity index (χ3n) is 2.02. The molecule has 0 saturated carbocycles. The lowest BCUT2D eigenvalue weighted by atomic mass is 10.1. The van der Waals surface area contributed by atoms with Crippen LogP contribution in [0, 0.1) is 5.92 Å². The van der Waals surface area contributed by atoms with E-state index in [1.165, 1.54) is 0 Å². The van der Waals surface area contributed by atoms with E-state index in [9.17, 15) is 8.78 Å². The van der Waals surface area contributed by atoms with E-state index < -0.39 is 5.92 Å². The number of nitrogens with one attached hydrogen (secondary N) is 1. The average Bonchev–Trinajstić information content (AvgIpc) is 1.99. The maximum Gasteiger partial charge on any atom is 0.272 e. The molecule has 4 heteroatoms. The Morgan fingerprint density at radius 1 is 1.36 bits per heavy atom. The van der Waals surface area contributed by atoms with Gasteiger partial charge in [0.15, 0.2) is 0 Å². The van der Waals surface area contributed by atoms with Gasteiger partial charge in [-0.1, -0.05) is 13.8 Å². The van der Waals surface area contributed by atoms with Crippen molar-refractivity contribution < 1.29 is 8.78 Å². The van der Waals surface area contributed by atoms with Crippen molar-refractivity contribution in [3.05, 3.63) is 0 Å². The van der Waals surface area contributed by atoms with E-state index in [0.717, 1.165) is 13.0 Å². The molecule has 0 aromatic rings. The number of halogens is 2. The molecule has 0 aliphatic heterocycles. The minimum atomic E-state index is -2.62. The van der Waals surface area contributed by atoms with Crippen molar-refractivity contribution in [1.82, 2.24) is 10.2 Å². The first-order valence-corrected chi connectivity index (χ1v) is 5.08. The van der Waals surface area contributed by atoms with Crippen LogP contribution < -0.4 is 5.32 Å². The van der Waals surface area contributed by atoms with Gasteiger partial charge in [-0.25, -0.2) is 8.78 Å². The number of hydrogen-bond donors (Lipinski definition) is 1. The van der Waals surface area contributed by atoms with Gasteiger partial charge >= 0.3 is 0 Å². The van der Waals surface area contributed by atoms with Gasteiger partial charge in [-0.15, -0.1) is 0 Å². The molecule has 0 spiro atoms. The standard InChI is InChI=1S/C10H22F2N2/c1-9(2)5-6-14(4)8-10(11,12)7-13-3/h9,13H,5-8H2,1-4H3. The normalized spacial score (nSPS) is 12.9. The molecule has 0 aliphatic rings. The molecule has 0 aromatic carbocycles. The predicted octanol–water partition coefficient (Wildman–Crippen LogP) is 1.82. The highest BCUT2D eigenvalue weighted by molar-refractivity contribution is 4.72. The summed E-state index contributed by atoms with van der Waals surface area (Å²) in [5.74, 6) is -2.06. The minimum absolute atomic E-state index is 0.166. The summed E-state index contributed by atoms with van der Waals surface area (Å²) in [6, 6.07) is 0. The van der Waals surface area contributed by atoms with Crippen molar-refractivity contribution in [2.24, 2.45) is 5.92 Å². The molecule has 0 aromatic heterocycles. The lowest BCUT2D eigenvalue weighted by molar-refractivity contribution is -0.0239. The van der Waals surface area contributed by atoms with E-state index in [0.29, 0.717) is 5.92 Å². The fourth-order valence-electron chi connectivity index (χ4n) is 1.27. The molecule has 14 heavy (non-hydrogen) atoms. The number of alkyl halides is 2. The molecule has 0 unspecified atom stereocenters. The van der Waals surface area contributed by atoms with Crippen LogP contribution in [0.2, 0.25) is 0 Å². The molecule has 0 rings (SSSR count). The van der Waals surface area contributed by atoms with Crippen LogP contribution in [0.15, 0.2) is 0 Å². The number of hydrogen-bond acceptors (Lipinski definition) is 2. The third kappa shape index (κ3) is 7.21. The topological polar surface area (TPSA) is 15.3 Å². The van der Waals surface area contributed by atoms with Crippen LogP contribution in [0.3, 0.4) is 0 Å². The molecule has 0 heterocycles. The molecule has 0 aliphatic carbocycles. The second-order valence-electron chi connectivity index (χ2n) is 4.31. The Bertz CT molecular complexity index is 149. The van der Waals surface area contributed by atoms with Crippen molar-refractivity contribution in [3.63, 3.8) is 0 Å². The first-order valence-electron chi connectivity index (χ1n) is 5.08. The Labute approximate surface area is 85.7 Å². The van der Waals surface area contributed by atoms with E-state index in [1.54, 1.807) is 19.0 Å². The summed E-state index contributed by atoms with van der Waals surface area (Å²) in [4.78, 5) is 1.69. The summed E-state index contributed by atoms with van der Waals surface area (Å²) in [7, 11) is 3.29. The summed E-state index contributed by atoms with van der Waals surface area (Å²) < 4.78 is 26.2. The maximum absolute atomic E-state index is 13.1. The van der Waals surface area contributed by atoms with Gasteiger partial charge in [-0.3, -0.25) is 0 Å². The monoisotopic (exact) mass is 208 g/mol. The highest BCUT2D eigenvalue weighted by atomic mass is 19.3. The number of rotatable bonds is 7. The Balaban J connectivity index is 3.74. The molecular formula is C10H22F2N2. The second-order valence-corrected chi connectivity index (χ2v) is 4.31. The molecular weight excluding hydrogens is 186 g/mol. The molecule has 0 bridgehead atoms. The van der Waals surface area contributed by atoms with E-state index in [1.807, 2.05) is 0 Å². The lowest BCUT2D eigenvalue weighted by Gasteiger charge is -2.24. The van der Waals surface area contributed by atoms with Gasteiger partial charge in [-0.05, 0) is 33.0 Å². The van der Waals surface area contributed by atoms with Gasteiger partial charge in [0.25, 0.3) is 5.92 Å². The minimum Gasteiger partial charge on any atom is -0.314 e. The van der Waals surface area contributed by atoms with Gasteiger partial charge in [0.2, 0.25) is 0 Å². The quantitative estimate of drug-likeness (QED) is 0.686. The molecule has 0 atom stereocenters. The van der Waals surface area contributed by atoms with Gasteiger partial charge in [0.1, 0.15) is 0 Å². The summed E-state index contributed by atoms with van der Waals surface area (Å²) in [6.07, 6.45) is 0.964. The van der Waals surface area contributed by atoms with Crippen LogP contribution in [0.5, 0.6) is 0 Å². The van der Waals surface area contributed by atoms with E-state index in [2.05, 4.69) is 19.2 Å². The Hall–Kier alpha value is -0.220. The second kappa shape index (κ2) is 6.30. The summed E-state index contributed by atoms with van der Waals surface area (Å²) in [6.45, 7) is 4.51. The maximum atomic E-state index is 13.1. The summed E-state index contributed by atoms with van der Waals surface area (Å²) in [5, 5.41) is 2.50. The molecule has 0 saturated heterocycles. The van der Waals surface area contributed by atoms with Crippen LogP contribution in [0.25, 0.3) is 0 Å². The Morgan fingerprint density at radius 2 is 1.93 bits per heavy atom. The van der Waals surface area contributed by atoms with Gasteiger partial charge in [0.05, 0.1) is 13.1 Å². The molecule has 0 fully saturated rings. The van der Waals surface area contributed by atoms with E-state index >= 15 is 0 Å². The zero-order valence-electron chi connectivity index (χ0n) is 9.61. The highest BCUT2D eigenvalue weighted by Gasteiger charge is 2.29.